The van der Waals surface area contributed by atoms with E-state index in [0.29, 0.717) is 17.5 Å². The third kappa shape index (κ3) is 3.82. The van der Waals surface area contributed by atoms with E-state index < -0.39 is 8.32 Å². The smallest absolute Gasteiger partial charge is 0.256 e. The van der Waals surface area contributed by atoms with Gasteiger partial charge in [0, 0.05) is 17.5 Å². The lowest BCUT2D eigenvalue weighted by Gasteiger charge is -2.39. The molecule has 0 saturated heterocycles. The van der Waals surface area contributed by atoms with Gasteiger partial charge >= 0.3 is 0 Å². The average molecular weight is 345 g/mol. The second-order valence-electron chi connectivity index (χ2n) is 7.61. The maximum absolute atomic E-state index is 12.0. The van der Waals surface area contributed by atoms with Crippen LogP contribution in [0.3, 0.4) is 0 Å². The summed E-state index contributed by atoms with van der Waals surface area (Å²) in [6.45, 7) is 13.1. The molecule has 0 saturated carbocycles. The number of ketones is 1. The summed E-state index contributed by atoms with van der Waals surface area (Å²) in [5.74, 6) is 1.25. The van der Waals surface area contributed by atoms with Gasteiger partial charge in [-0.25, -0.2) is 0 Å². The fraction of sp³-hybridized carbons (Fsp3) is 0.571. The van der Waals surface area contributed by atoms with Crippen LogP contribution < -0.4 is 4.43 Å². The fourth-order valence-corrected chi connectivity index (χ4v) is 8.44. The van der Waals surface area contributed by atoms with Crippen LogP contribution in [0.2, 0.25) is 17.1 Å². The Morgan fingerprint density at radius 3 is 2.50 bits per heavy atom. The second kappa shape index (κ2) is 8.15. The Kier molecular flexibility index (Phi) is 6.45. The summed E-state index contributed by atoms with van der Waals surface area (Å²) in [4.78, 5) is 12.0. The van der Waals surface area contributed by atoms with Crippen LogP contribution in [0.25, 0.3) is 0 Å². The zero-order valence-corrected chi connectivity index (χ0v) is 16.7. The molecule has 0 atom stereocenters. The quantitative estimate of drug-likeness (QED) is 0.298. The molecule has 0 amide bonds. The van der Waals surface area contributed by atoms with Crippen molar-refractivity contribution in [1.29, 1.82) is 0 Å². The van der Waals surface area contributed by atoms with E-state index in [-0.39, 0.29) is 5.78 Å². The monoisotopic (exact) mass is 344 g/mol. The number of carbonyl (C=O) groups excluding carboxylic acids is 1. The number of fused-ring (bicyclic) bond motifs is 1. The molecule has 0 aliphatic heterocycles. The summed E-state index contributed by atoms with van der Waals surface area (Å²) in [6, 6.07) is 7.19. The molecule has 1 aliphatic carbocycles. The fourth-order valence-electron chi connectivity index (χ4n) is 3.98. The summed E-state index contributed by atoms with van der Waals surface area (Å²) in [7, 11) is -1.95. The van der Waals surface area contributed by atoms with Crippen molar-refractivity contribution in [2.45, 2.75) is 76.9 Å². The van der Waals surface area contributed by atoms with Gasteiger partial charge in [-0.1, -0.05) is 52.3 Å². The molecule has 1 aromatic carbocycles. The van der Waals surface area contributed by atoms with Crippen molar-refractivity contribution in [2.75, 3.05) is 0 Å². The van der Waals surface area contributed by atoms with Gasteiger partial charge in [0.2, 0.25) is 0 Å². The van der Waals surface area contributed by atoms with E-state index in [4.69, 9.17) is 4.43 Å². The van der Waals surface area contributed by atoms with E-state index in [0.717, 1.165) is 29.7 Å². The van der Waals surface area contributed by atoms with Crippen LogP contribution in [-0.4, -0.2) is 14.1 Å². The van der Waals surface area contributed by atoms with Gasteiger partial charge in [0.05, 0.1) is 0 Å². The van der Waals surface area contributed by atoms with E-state index in [1.165, 1.54) is 18.9 Å². The van der Waals surface area contributed by atoms with Crippen LogP contribution in [0.5, 0.6) is 5.75 Å². The molecule has 0 spiro atoms. The largest absolute Gasteiger partial charge is 0.543 e. The van der Waals surface area contributed by atoms with Crippen LogP contribution in [0, 0.1) is 0 Å². The van der Waals surface area contributed by atoms with Crippen molar-refractivity contribution < 1.29 is 9.22 Å². The minimum atomic E-state index is -1.95. The Morgan fingerprint density at radius 1 is 1.17 bits per heavy atom. The Morgan fingerprint density at radius 2 is 1.88 bits per heavy atom. The highest BCUT2D eigenvalue weighted by Crippen LogP contribution is 2.41. The normalized spacial score (nSPS) is 14.3. The van der Waals surface area contributed by atoms with E-state index in [2.05, 4.69) is 40.3 Å². The summed E-state index contributed by atoms with van der Waals surface area (Å²) >= 11 is 0. The van der Waals surface area contributed by atoms with Gasteiger partial charge in [0.1, 0.15) is 5.75 Å². The highest BCUT2D eigenvalue weighted by Gasteiger charge is 2.44. The average Bonchev–Trinajstić information content (AvgIpc) is 2.92. The Bertz CT molecular complexity index is 582. The number of rotatable bonds is 9. The van der Waals surface area contributed by atoms with Gasteiger partial charge in [0.25, 0.3) is 8.32 Å². The molecular weight excluding hydrogens is 312 g/mol. The molecule has 0 unspecified atom stereocenters. The van der Waals surface area contributed by atoms with Gasteiger partial charge in [-0.2, -0.15) is 0 Å². The van der Waals surface area contributed by atoms with Crippen molar-refractivity contribution in [3.05, 3.63) is 42.0 Å². The molecule has 1 aliphatic rings. The number of carbonyl (C=O) groups is 1. The third-order valence-corrected chi connectivity index (χ3v) is 11.2. The molecule has 132 valence electrons. The lowest BCUT2D eigenvalue weighted by Crippen LogP contribution is -2.48. The van der Waals surface area contributed by atoms with Crippen molar-refractivity contribution in [2.24, 2.45) is 0 Å². The number of benzene rings is 1. The third-order valence-electron chi connectivity index (χ3n) is 5.52. The minimum absolute atomic E-state index is 0.266. The highest BCUT2D eigenvalue weighted by atomic mass is 28.4. The first-order valence-corrected chi connectivity index (χ1v) is 11.6. The standard InChI is InChI=1S/C21H32O2Si/c1-6-7-8-9-15-24(16(2)3,17(4)5)23-21-12-10-11-18-19(21)13-14-20(18)22/h6,10-12,16-17H,1,7-9,13-15H2,2-5H3. The minimum Gasteiger partial charge on any atom is -0.543 e. The van der Waals surface area contributed by atoms with Crippen molar-refractivity contribution >= 4 is 14.1 Å². The molecule has 3 heteroatoms. The molecule has 2 rings (SSSR count). The Hall–Kier alpha value is -1.35. The van der Waals surface area contributed by atoms with Gasteiger partial charge in [-0.05, 0) is 42.5 Å². The molecule has 0 heterocycles. The van der Waals surface area contributed by atoms with Crippen LogP contribution in [-0.2, 0) is 6.42 Å². The van der Waals surface area contributed by atoms with Crippen LogP contribution in [0.4, 0.5) is 0 Å². The molecule has 0 N–H and O–H groups in total. The predicted octanol–water partition coefficient (Wildman–Crippen LogP) is 6.32. The summed E-state index contributed by atoms with van der Waals surface area (Å²) in [6.07, 6.45) is 6.93. The lowest BCUT2D eigenvalue weighted by molar-refractivity contribution is 0.0994. The number of allylic oxidation sites excluding steroid dienone is 1. The molecule has 0 bridgehead atoms. The molecule has 1 aromatic rings. The molecule has 0 fully saturated rings. The maximum atomic E-state index is 12.0. The van der Waals surface area contributed by atoms with E-state index in [1.807, 2.05) is 18.2 Å². The molecule has 2 nitrogen and oxygen atoms in total. The first-order chi connectivity index (χ1) is 11.4. The summed E-state index contributed by atoms with van der Waals surface area (Å²) in [5.41, 5.74) is 3.13. The predicted molar refractivity (Wildman–Crippen MR) is 105 cm³/mol. The van der Waals surface area contributed by atoms with Crippen molar-refractivity contribution in [3.8, 4) is 5.75 Å². The topological polar surface area (TPSA) is 26.3 Å². The summed E-state index contributed by atoms with van der Waals surface area (Å²) < 4.78 is 6.86. The first-order valence-electron chi connectivity index (χ1n) is 9.37. The van der Waals surface area contributed by atoms with E-state index in [9.17, 15) is 4.79 Å². The molecule has 0 aromatic heterocycles. The van der Waals surface area contributed by atoms with Crippen LogP contribution in [0.15, 0.2) is 30.9 Å². The highest BCUT2D eigenvalue weighted by molar-refractivity contribution is 6.77. The SMILES string of the molecule is C=CCCCC[Si](Oc1cccc2c1CCC2=O)(C(C)C)C(C)C. The van der Waals surface area contributed by atoms with Crippen LogP contribution in [0.1, 0.15) is 69.3 Å². The zero-order chi connectivity index (χ0) is 17.7. The van der Waals surface area contributed by atoms with Crippen molar-refractivity contribution in [3.63, 3.8) is 0 Å². The zero-order valence-electron chi connectivity index (χ0n) is 15.7. The number of hydrogen-bond acceptors (Lipinski definition) is 2. The van der Waals surface area contributed by atoms with Crippen LogP contribution >= 0.6 is 0 Å². The van der Waals surface area contributed by atoms with Gasteiger partial charge in [-0.15, -0.1) is 6.58 Å². The Balaban J connectivity index is 2.28. The van der Waals surface area contributed by atoms with Gasteiger partial charge in [-0.3, -0.25) is 4.79 Å². The first kappa shape index (κ1) is 19.0. The molecule has 0 radical (unpaired) electrons. The molecule has 24 heavy (non-hydrogen) atoms. The lowest BCUT2D eigenvalue weighted by atomic mass is 10.1. The summed E-state index contributed by atoms with van der Waals surface area (Å²) in [5, 5.41) is 0. The number of unbranched alkanes of at least 4 members (excludes halogenated alkanes) is 2. The Labute approximate surface area is 148 Å². The maximum Gasteiger partial charge on any atom is 0.256 e. The van der Waals surface area contributed by atoms with E-state index >= 15 is 0 Å². The number of Topliss-reactive ketones (excluding diaryl/α,β-unsaturated/α-hetero) is 1. The van der Waals surface area contributed by atoms with Crippen molar-refractivity contribution in [1.82, 2.24) is 0 Å². The van der Waals surface area contributed by atoms with E-state index in [1.54, 1.807) is 0 Å². The number of hydrogen-bond donors (Lipinski definition) is 0. The second-order valence-corrected chi connectivity index (χ2v) is 12.5. The molecular formula is C21H32O2Si. The van der Waals surface area contributed by atoms with Gasteiger partial charge < -0.3 is 4.43 Å². The van der Waals surface area contributed by atoms with Gasteiger partial charge in [0.15, 0.2) is 5.78 Å².